The molecule has 38 heavy (non-hydrogen) atoms. The van der Waals surface area contributed by atoms with Crippen LogP contribution in [0.4, 0.5) is 5.69 Å². The molecule has 3 aliphatic heterocycles. The summed E-state index contributed by atoms with van der Waals surface area (Å²) in [5.74, 6) is 2.30. The van der Waals surface area contributed by atoms with Gasteiger partial charge in [0, 0.05) is 42.1 Å². The van der Waals surface area contributed by atoms with Crippen molar-refractivity contribution >= 4 is 33.0 Å². The van der Waals surface area contributed by atoms with Gasteiger partial charge in [-0.25, -0.2) is 8.51 Å². The van der Waals surface area contributed by atoms with Crippen molar-refractivity contribution in [3.8, 4) is 0 Å². The molecule has 0 radical (unpaired) electrons. The van der Waals surface area contributed by atoms with Crippen LogP contribution >= 0.6 is 0 Å². The van der Waals surface area contributed by atoms with E-state index in [1.165, 1.54) is 5.56 Å². The highest BCUT2D eigenvalue weighted by atomic mass is 32.2. The Morgan fingerprint density at radius 3 is 2.32 bits per heavy atom. The second-order valence-electron chi connectivity index (χ2n) is 11.4. The Morgan fingerprint density at radius 2 is 1.68 bits per heavy atom. The SMILES string of the molecule is C=S(=O)(c1ccc2c(c1)C1(OCCCO1)C(=O)N2CCCC(=O)c1ccc(C(C)(C)C)cc1)N1CCCC1. The zero-order chi connectivity index (χ0) is 27.1. The normalized spacial score (nSPS) is 21.0. The van der Waals surface area contributed by atoms with E-state index in [-0.39, 0.29) is 17.1 Å². The first-order valence-corrected chi connectivity index (χ1v) is 15.2. The van der Waals surface area contributed by atoms with Crippen molar-refractivity contribution in [3.05, 3.63) is 59.2 Å². The average Bonchev–Trinajstić information content (AvgIpc) is 3.52. The van der Waals surface area contributed by atoms with Crippen molar-refractivity contribution in [3.63, 3.8) is 0 Å². The topological polar surface area (TPSA) is 76.1 Å². The molecule has 2 aromatic carbocycles. The molecule has 1 atom stereocenters. The third-order valence-electron chi connectivity index (χ3n) is 7.75. The van der Waals surface area contributed by atoms with Crippen LogP contribution in [-0.2, 0) is 35.2 Å². The Morgan fingerprint density at radius 1 is 1.03 bits per heavy atom. The van der Waals surface area contributed by atoms with E-state index >= 15 is 0 Å². The van der Waals surface area contributed by atoms with Crippen molar-refractivity contribution in [2.45, 2.75) is 69.0 Å². The number of anilines is 1. The van der Waals surface area contributed by atoms with Gasteiger partial charge in [0.1, 0.15) is 0 Å². The van der Waals surface area contributed by atoms with Crippen LogP contribution < -0.4 is 4.90 Å². The first kappa shape index (κ1) is 27.1. The molecular formula is C30H38N2O5S. The molecule has 1 spiro atoms. The van der Waals surface area contributed by atoms with Crippen LogP contribution in [0.1, 0.15) is 74.4 Å². The molecule has 0 bridgehead atoms. The number of rotatable bonds is 7. The zero-order valence-electron chi connectivity index (χ0n) is 22.7. The van der Waals surface area contributed by atoms with Gasteiger partial charge in [-0.15, -0.1) is 0 Å². The maximum atomic E-state index is 13.7. The third-order valence-corrected chi connectivity index (χ3v) is 9.94. The molecule has 7 nitrogen and oxygen atoms in total. The summed E-state index contributed by atoms with van der Waals surface area (Å²) in [4.78, 5) is 28.8. The molecule has 1 amide bonds. The van der Waals surface area contributed by atoms with Crippen molar-refractivity contribution in [1.29, 1.82) is 0 Å². The fourth-order valence-corrected chi connectivity index (χ4v) is 7.21. The number of nitrogens with zero attached hydrogens (tertiary/aromatic N) is 2. The summed E-state index contributed by atoms with van der Waals surface area (Å²) in [6.45, 7) is 9.09. The number of carbonyl (C=O) groups is 2. The van der Waals surface area contributed by atoms with E-state index in [0.29, 0.717) is 60.7 Å². The minimum Gasteiger partial charge on any atom is -0.338 e. The van der Waals surface area contributed by atoms with Gasteiger partial charge in [-0.1, -0.05) is 45.0 Å². The van der Waals surface area contributed by atoms with Gasteiger partial charge in [0.05, 0.1) is 28.6 Å². The van der Waals surface area contributed by atoms with E-state index < -0.39 is 15.5 Å². The van der Waals surface area contributed by atoms with E-state index in [1.807, 2.05) is 34.6 Å². The van der Waals surface area contributed by atoms with Gasteiger partial charge in [0.25, 0.3) is 11.7 Å². The Bertz CT molecular complexity index is 1320. The Kier molecular flexibility index (Phi) is 7.28. The molecule has 0 saturated carbocycles. The van der Waals surface area contributed by atoms with Crippen LogP contribution in [-0.4, -0.2) is 58.9 Å². The number of hydrogen-bond acceptors (Lipinski definition) is 5. The molecule has 0 N–H and O–H groups in total. The van der Waals surface area contributed by atoms with Gasteiger partial charge in [-0.05, 0) is 60.7 Å². The Hall–Kier alpha value is -2.52. The number of fused-ring (bicyclic) bond motifs is 2. The lowest BCUT2D eigenvalue weighted by Gasteiger charge is -2.32. The number of ether oxygens (including phenoxy) is 2. The Balaban J connectivity index is 1.35. The summed E-state index contributed by atoms with van der Waals surface area (Å²) in [5, 5.41) is 0. The van der Waals surface area contributed by atoms with Gasteiger partial charge >= 0.3 is 0 Å². The number of Topliss-reactive ketones (excluding diaryl/α,β-unsaturated/α-hetero) is 1. The second-order valence-corrected chi connectivity index (χ2v) is 13.7. The summed E-state index contributed by atoms with van der Waals surface area (Å²) >= 11 is 0. The van der Waals surface area contributed by atoms with Gasteiger partial charge < -0.3 is 14.4 Å². The summed E-state index contributed by atoms with van der Waals surface area (Å²) in [6.07, 6.45) is 3.52. The summed E-state index contributed by atoms with van der Waals surface area (Å²) in [5.41, 5.74) is 3.15. The molecule has 204 valence electrons. The van der Waals surface area contributed by atoms with Crippen molar-refractivity contribution in [2.24, 2.45) is 0 Å². The Labute approximate surface area is 226 Å². The molecule has 3 heterocycles. The lowest BCUT2D eigenvalue weighted by Crippen LogP contribution is -2.47. The van der Waals surface area contributed by atoms with Gasteiger partial charge in [0.2, 0.25) is 0 Å². The van der Waals surface area contributed by atoms with Gasteiger partial charge in [-0.3, -0.25) is 9.59 Å². The maximum absolute atomic E-state index is 13.7. The molecular weight excluding hydrogens is 500 g/mol. The predicted octanol–water partition coefficient (Wildman–Crippen LogP) is 4.67. The van der Waals surface area contributed by atoms with E-state index in [0.717, 1.165) is 25.9 Å². The van der Waals surface area contributed by atoms with Gasteiger partial charge in [0.15, 0.2) is 5.78 Å². The molecule has 2 fully saturated rings. The number of ketones is 1. The maximum Gasteiger partial charge on any atom is 0.292 e. The molecule has 1 unspecified atom stereocenters. The molecule has 0 aliphatic carbocycles. The second kappa shape index (κ2) is 10.2. The molecule has 2 aromatic rings. The van der Waals surface area contributed by atoms with E-state index in [4.69, 9.17) is 9.47 Å². The predicted molar refractivity (Wildman–Crippen MR) is 150 cm³/mol. The lowest BCUT2D eigenvalue weighted by molar-refractivity contribution is -0.256. The van der Waals surface area contributed by atoms with E-state index in [1.54, 1.807) is 17.0 Å². The molecule has 3 aliphatic rings. The van der Waals surface area contributed by atoms with Crippen LogP contribution in [0.5, 0.6) is 0 Å². The number of carbonyl (C=O) groups excluding carboxylic acids is 2. The quantitative estimate of drug-likeness (QED) is 0.378. The smallest absolute Gasteiger partial charge is 0.292 e. The highest BCUT2D eigenvalue weighted by Gasteiger charge is 2.55. The van der Waals surface area contributed by atoms with Crippen molar-refractivity contribution < 1.29 is 23.3 Å². The zero-order valence-corrected chi connectivity index (χ0v) is 23.5. The first-order valence-electron chi connectivity index (χ1n) is 13.5. The number of hydrogen-bond donors (Lipinski definition) is 0. The number of benzene rings is 2. The summed E-state index contributed by atoms with van der Waals surface area (Å²) < 4.78 is 27.6. The van der Waals surface area contributed by atoms with Crippen molar-refractivity contribution in [2.75, 3.05) is 37.7 Å². The largest absolute Gasteiger partial charge is 0.338 e. The van der Waals surface area contributed by atoms with Crippen LogP contribution in [0.2, 0.25) is 0 Å². The first-order chi connectivity index (χ1) is 18.0. The fourth-order valence-electron chi connectivity index (χ4n) is 5.48. The third kappa shape index (κ3) is 4.83. The number of amides is 1. The highest BCUT2D eigenvalue weighted by molar-refractivity contribution is 7.98. The summed E-state index contributed by atoms with van der Waals surface area (Å²) in [6, 6.07) is 13.2. The van der Waals surface area contributed by atoms with E-state index in [9.17, 15) is 13.8 Å². The monoisotopic (exact) mass is 538 g/mol. The molecule has 0 aromatic heterocycles. The van der Waals surface area contributed by atoms with Crippen LogP contribution in [0.25, 0.3) is 0 Å². The lowest BCUT2D eigenvalue weighted by atomic mass is 9.86. The molecule has 8 heteroatoms. The average molecular weight is 539 g/mol. The van der Waals surface area contributed by atoms with Crippen LogP contribution in [0.3, 0.4) is 0 Å². The fraction of sp³-hybridized carbons (Fsp3) is 0.500. The van der Waals surface area contributed by atoms with Crippen LogP contribution in [0, 0.1) is 0 Å². The van der Waals surface area contributed by atoms with Crippen LogP contribution in [0.15, 0.2) is 47.4 Å². The summed E-state index contributed by atoms with van der Waals surface area (Å²) in [7, 11) is -2.67. The minimum absolute atomic E-state index is 0.0275. The highest BCUT2D eigenvalue weighted by Crippen LogP contribution is 2.46. The standard InChI is InChI=1S/C30H38N2O5S/c1-29(2,3)23-12-10-22(11-13-23)27(33)9-7-18-32-26-15-14-24(38(4,35)31-16-5-6-17-31)21-25(26)30(28(32)34)36-19-8-20-37-30/h10-15,21H,4-9,16-20H2,1-3H3. The van der Waals surface area contributed by atoms with Gasteiger partial charge in [-0.2, -0.15) is 0 Å². The molecule has 2 saturated heterocycles. The molecule has 5 rings (SSSR count). The van der Waals surface area contributed by atoms with Crippen molar-refractivity contribution in [1.82, 2.24) is 4.31 Å². The van der Waals surface area contributed by atoms with E-state index in [2.05, 4.69) is 26.6 Å². The minimum atomic E-state index is -2.67.